The molecule has 14 aromatic carbocycles. The van der Waals surface area contributed by atoms with Crippen molar-refractivity contribution in [2.24, 2.45) is 0 Å². The van der Waals surface area contributed by atoms with Crippen LogP contribution in [0, 0.1) is 36.0 Å². The van der Waals surface area contributed by atoms with Crippen molar-refractivity contribution in [2.75, 3.05) is 6.66 Å². The van der Waals surface area contributed by atoms with Crippen molar-refractivity contribution in [1.82, 2.24) is 0 Å². The van der Waals surface area contributed by atoms with Crippen LogP contribution in [0.4, 0.5) is 0 Å². The molecule has 14 rings (SSSR count). The molecule has 0 fully saturated rings. The first-order valence-corrected chi connectivity index (χ1v) is 47.0. The standard InChI is InChI=1S/C19H18P.C14H12.2C14H10.C8H8.C8H6.C7H6O.C6H6BO2.C6H5Br.11C2H6.BrH/c1-20(17-11-5-2-6-12-17,18-13-7-3-8-14-18)19-15-9-4-10-16-19;3*1-3-7-13(8-4-1)11-12-14-9-5-2-6-10-14;2*1-2-8-6-4-3-5-7-8;8-6-7-4-2-1-3-5-7;8-7-9-6-4-2-1-3-5-6;7-6-4-2-1-3-5-6;11*1-2;/h2-16H,1H3;1-12H;2*1-10H;2-7H,1H2;1,3-7H;1-6H;1-5,8H;1-5H;11*1-2H3;1H/q+1;;;;;;;;;;;;;;;;;;;;/p-1/b;12-11+;;;;;;;;;;;;;;;;;;;. The largest absolute Gasteiger partial charge is 1.00 e. The summed E-state index contributed by atoms with van der Waals surface area (Å²) in [6.45, 7) is 50.0. The Morgan fingerprint density at radius 2 is 0.472 bits per heavy atom. The summed E-state index contributed by atoms with van der Waals surface area (Å²) in [6, 6.07) is 141. The van der Waals surface area contributed by atoms with Gasteiger partial charge in [-0.3, -0.25) is 4.79 Å². The second kappa shape index (κ2) is 101. The monoisotopic (exact) mass is 1810 g/mol. The second-order valence-electron chi connectivity index (χ2n) is 21.6. The predicted molar refractivity (Wildman–Crippen MR) is 567 cm³/mol. The van der Waals surface area contributed by atoms with E-state index in [2.05, 4.69) is 191 Å². The molecular formula is C118H147BBr2O3P. The van der Waals surface area contributed by atoms with Crippen LogP contribution in [0.1, 0.15) is 207 Å². The first-order valence-electron chi connectivity index (χ1n) is 43.9. The average molecular weight is 1820 g/mol. The highest BCUT2D eigenvalue weighted by atomic mass is 79.9. The average Bonchev–Trinajstić information content (AvgIpc) is 0.771. The van der Waals surface area contributed by atoms with Gasteiger partial charge in [0.25, 0.3) is 0 Å². The number of hydrogen-bond acceptors (Lipinski definition) is 3. The zero-order valence-electron chi connectivity index (χ0n) is 79.6. The molecule has 0 atom stereocenters. The van der Waals surface area contributed by atoms with E-state index in [1.54, 1.807) is 24.3 Å². The lowest BCUT2D eigenvalue weighted by atomic mass is 10.1. The van der Waals surface area contributed by atoms with E-state index in [-0.39, 0.29) is 17.0 Å². The van der Waals surface area contributed by atoms with Crippen LogP contribution < -0.4 is 37.5 Å². The number of aldehydes is 1. The maximum absolute atomic E-state index is 10.0. The number of benzene rings is 14. The van der Waals surface area contributed by atoms with E-state index < -0.39 is 7.26 Å². The fraction of sp³-hybridized carbons (Fsp3) is 0.195. The summed E-state index contributed by atoms with van der Waals surface area (Å²) < 4.78 is 5.77. The molecule has 0 unspecified atom stereocenters. The molecule has 1 N–H and O–H groups in total. The van der Waals surface area contributed by atoms with Crippen LogP contribution in [0.5, 0.6) is 5.75 Å². The number of carbonyl (C=O) groups is 1. The van der Waals surface area contributed by atoms with Gasteiger partial charge in [0.2, 0.25) is 0 Å². The lowest BCUT2D eigenvalue weighted by Crippen LogP contribution is -3.00. The summed E-state index contributed by atoms with van der Waals surface area (Å²) >= 11 is 3.31. The quantitative estimate of drug-likeness (QED) is 0.0515. The second-order valence-corrected chi connectivity index (χ2v) is 26.1. The summed E-state index contributed by atoms with van der Waals surface area (Å²) in [5.41, 5.74) is 9.51. The summed E-state index contributed by atoms with van der Waals surface area (Å²) in [6.07, 6.45) is 12.0. The van der Waals surface area contributed by atoms with E-state index in [9.17, 15) is 4.79 Å². The molecule has 125 heavy (non-hydrogen) atoms. The topological polar surface area (TPSA) is 46.5 Å². The normalized spacial score (nSPS) is 8.19. The minimum atomic E-state index is -1.53. The van der Waals surface area contributed by atoms with E-state index in [1.807, 2.05) is 444 Å². The van der Waals surface area contributed by atoms with Crippen LogP contribution in [-0.4, -0.2) is 25.7 Å². The SMILES string of the molecule is Brc1ccccc1.C#Cc1ccccc1.C(#Cc1ccccc1)c1ccccc1.C(#Cc1ccccc1)c1ccccc1.C(=C\c1ccccc1)/c1ccccc1.C=Cc1ccccc1.CC.CC.CC.CC.CC.CC.CC.CC.CC.CC.CC.C[P+](c1ccccc1)(c1ccccc1)c1ccccc1.O=Cc1ccccc1.O[B]Oc1ccccc1.[Br-]. The molecule has 0 saturated heterocycles. The van der Waals surface area contributed by atoms with Gasteiger partial charge in [0.1, 0.15) is 29.5 Å². The summed E-state index contributed by atoms with van der Waals surface area (Å²) in [4.78, 5) is 10.0. The first-order chi connectivity index (χ1) is 61.3. The van der Waals surface area contributed by atoms with Crippen molar-refractivity contribution < 1.29 is 31.5 Å². The smallest absolute Gasteiger partial charge is 0.569 e. The van der Waals surface area contributed by atoms with Crippen LogP contribution in [-0.2, 0) is 0 Å². The molecule has 14 aromatic rings. The van der Waals surface area contributed by atoms with E-state index in [0.29, 0.717) is 13.4 Å². The zero-order valence-corrected chi connectivity index (χ0v) is 83.6. The number of para-hydroxylation sites is 1. The van der Waals surface area contributed by atoms with Crippen LogP contribution in [0.2, 0.25) is 0 Å². The minimum absolute atomic E-state index is 0. The Kier molecular flexibility index (Phi) is 102. The van der Waals surface area contributed by atoms with Crippen molar-refractivity contribution >= 4 is 71.3 Å². The number of rotatable bonds is 9. The molecule has 0 spiro atoms. The highest BCUT2D eigenvalue weighted by Crippen LogP contribution is 2.51. The molecule has 0 saturated carbocycles. The van der Waals surface area contributed by atoms with E-state index in [1.165, 1.54) is 32.6 Å². The minimum Gasteiger partial charge on any atom is -1.00 e. The highest BCUT2D eigenvalue weighted by Gasteiger charge is 2.39. The fourth-order valence-electron chi connectivity index (χ4n) is 8.95. The lowest BCUT2D eigenvalue weighted by molar-refractivity contribution is -0.0000333. The molecule has 0 aliphatic heterocycles. The molecule has 659 valence electrons. The summed E-state index contributed by atoms with van der Waals surface area (Å²) in [5, 5.41) is 12.5. The summed E-state index contributed by atoms with van der Waals surface area (Å²) in [7, 11) is -0.864. The Bertz CT molecular complexity index is 4290. The molecule has 1 radical (unpaired) electrons. The van der Waals surface area contributed by atoms with Crippen LogP contribution >= 0.6 is 23.2 Å². The van der Waals surface area contributed by atoms with Crippen molar-refractivity contribution in [3.05, 3.63) is 486 Å². The molecular weight excluding hydrogens is 1670 g/mol. The first kappa shape index (κ1) is 126. The van der Waals surface area contributed by atoms with Crippen LogP contribution in [0.3, 0.4) is 0 Å². The Balaban J connectivity index is -0.000000247. The molecule has 0 amide bonds. The van der Waals surface area contributed by atoms with Gasteiger partial charge in [0.05, 0.1) is 12.4 Å². The molecule has 0 aliphatic carbocycles. The Hall–Kier alpha value is -11.9. The van der Waals surface area contributed by atoms with Gasteiger partial charge in [0, 0.05) is 37.9 Å². The molecule has 3 nitrogen and oxygen atoms in total. The Labute approximate surface area is 783 Å². The molecule has 0 aromatic heterocycles. The van der Waals surface area contributed by atoms with Gasteiger partial charge in [0.15, 0.2) is 0 Å². The van der Waals surface area contributed by atoms with Crippen molar-refractivity contribution in [2.45, 2.75) is 152 Å². The fourth-order valence-corrected chi connectivity index (χ4v) is 12.5. The number of hydrogen-bond donors (Lipinski definition) is 1. The molecule has 0 bridgehead atoms. The van der Waals surface area contributed by atoms with Gasteiger partial charge in [-0.25, -0.2) is 0 Å². The Morgan fingerprint density at radius 1 is 0.288 bits per heavy atom. The van der Waals surface area contributed by atoms with Gasteiger partial charge in [-0.15, -0.1) is 6.42 Å². The zero-order chi connectivity index (χ0) is 93.9. The van der Waals surface area contributed by atoms with Crippen molar-refractivity contribution in [3.63, 3.8) is 0 Å². The maximum Gasteiger partial charge on any atom is 0.569 e. The van der Waals surface area contributed by atoms with Gasteiger partial charge >= 0.3 is 7.69 Å². The summed E-state index contributed by atoms with van der Waals surface area (Å²) in [5.74, 6) is 15.6. The van der Waals surface area contributed by atoms with Gasteiger partial charge < -0.3 is 26.7 Å². The number of terminal acetylenes is 1. The van der Waals surface area contributed by atoms with Crippen LogP contribution in [0.15, 0.2) is 436 Å². The molecule has 7 heteroatoms. The van der Waals surface area contributed by atoms with Gasteiger partial charge in [-0.1, -0.05) is 526 Å². The third kappa shape index (κ3) is 67.3. The maximum atomic E-state index is 10.0. The van der Waals surface area contributed by atoms with E-state index >= 15 is 0 Å². The third-order valence-electron chi connectivity index (χ3n) is 14.3. The predicted octanol–water partition coefficient (Wildman–Crippen LogP) is 30.5. The number of carbonyl (C=O) groups excluding carboxylic acids is 1. The van der Waals surface area contributed by atoms with Gasteiger partial charge in [-0.2, -0.15) is 0 Å². The third-order valence-corrected chi connectivity index (χ3v) is 18.8. The van der Waals surface area contributed by atoms with Crippen LogP contribution in [0.25, 0.3) is 18.2 Å². The van der Waals surface area contributed by atoms with E-state index in [0.717, 1.165) is 44.1 Å². The highest BCUT2D eigenvalue weighted by molar-refractivity contribution is 9.10. The lowest BCUT2D eigenvalue weighted by Gasteiger charge is -2.22. The van der Waals surface area contributed by atoms with Crippen molar-refractivity contribution in [1.29, 1.82) is 0 Å². The molecule has 0 aliphatic rings. The van der Waals surface area contributed by atoms with E-state index in [4.69, 9.17) is 11.4 Å². The Morgan fingerprint density at radius 3 is 0.640 bits per heavy atom. The van der Waals surface area contributed by atoms with Gasteiger partial charge in [-0.05, 0) is 138 Å². The van der Waals surface area contributed by atoms with Crippen molar-refractivity contribution in [3.8, 4) is 41.8 Å². The molecule has 0 heterocycles. The number of halogens is 2.